The molecule has 194 valence electrons. The van der Waals surface area contributed by atoms with Gasteiger partial charge in [0.05, 0.1) is 17.6 Å². The molecule has 1 aliphatic heterocycles. The van der Waals surface area contributed by atoms with E-state index in [1.807, 2.05) is 6.92 Å². The van der Waals surface area contributed by atoms with E-state index >= 15 is 4.39 Å². The van der Waals surface area contributed by atoms with Gasteiger partial charge >= 0.3 is 5.97 Å². The number of esters is 1. The van der Waals surface area contributed by atoms with Crippen LogP contribution in [0.25, 0.3) is 0 Å². The lowest BCUT2D eigenvalue weighted by Crippen LogP contribution is -2.71. The van der Waals surface area contributed by atoms with Gasteiger partial charge in [-0.05, 0) is 57.1 Å². The smallest absolute Gasteiger partial charge is 0.303 e. The molecule has 0 spiro atoms. The molecule has 1 saturated heterocycles. The molecule has 0 aromatic carbocycles. The summed E-state index contributed by atoms with van der Waals surface area (Å²) in [5, 5.41) is 11.0. The molecule has 0 radical (unpaired) electrons. The van der Waals surface area contributed by atoms with E-state index < -0.39 is 69.7 Å². The molecule has 0 unspecified atom stereocenters. The van der Waals surface area contributed by atoms with Crippen molar-refractivity contribution in [1.82, 2.24) is 0 Å². The summed E-state index contributed by atoms with van der Waals surface area (Å²) in [6.45, 7) is 7.80. The first kappa shape index (κ1) is 25.3. The lowest BCUT2D eigenvalue weighted by molar-refractivity contribution is -0.251. The molecule has 5 rings (SSSR count). The number of carbonyl (C=O) groups excluding carboxylic acids is 3. The largest absolute Gasteiger partial charge is 0.458 e. The van der Waals surface area contributed by atoms with Crippen LogP contribution >= 0.6 is 11.6 Å². The van der Waals surface area contributed by atoms with Crippen LogP contribution in [0.2, 0.25) is 0 Å². The number of rotatable bonds is 3. The molecule has 1 heterocycles. The number of hydrogen-bond donors (Lipinski definition) is 1. The number of Topliss-reactive ketones (excluding diaryl/α,β-unsaturated/α-hetero) is 1. The minimum atomic E-state index is -2.02. The number of fused-ring (bicyclic) bond motifs is 7. The number of aliphatic hydroxyl groups excluding tert-OH is 1. The second kappa shape index (κ2) is 7.59. The molecule has 4 fully saturated rings. The molecule has 9 heteroatoms. The summed E-state index contributed by atoms with van der Waals surface area (Å²) >= 11 is 6.80. The lowest BCUT2D eigenvalue weighted by atomic mass is 9.43. The highest BCUT2D eigenvalue weighted by Crippen LogP contribution is 2.73. The van der Waals surface area contributed by atoms with E-state index in [0.717, 1.165) is 0 Å². The summed E-state index contributed by atoms with van der Waals surface area (Å²) in [5.41, 5.74) is -5.04. The fourth-order valence-electron chi connectivity index (χ4n) is 8.43. The minimum absolute atomic E-state index is 0.0316. The summed E-state index contributed by atoms with van der Waals surface area (Å²) in [4.78, 5) is 37.4. The number of ether oxygens (including phenoxy) is 3. The normalized spacial score (nSPS) is 49.9. The molecule has 0 aromatic heterocycles. The molecular weight excluding hydrogens is 479 g/mol. The maximum atomic E-state index is 17.5. The van der Waals surface area contributed by atoms with Crippen molar-refractivity contribution in [3.05, 3.63) is 11.6 Å². The van der Waals surface area contributed by atoms with Crippen LogP contribution in [0.4, 0.5) is 4.39 Å². The zero-order valence-electron chi connectivity index (χ0n) is 20.9. The predicted molar refractivity (Wildman–Crippen MR) is 123 cm³/mol. The van der Waals surface area contributed by atoms with E-state index in [1.54, 1.807) is 20.8 Å². The average Bonchev–Trinajstić information content (AvgIpc) is 3.16. The molecular formula is C26H34ClFO7. The van der Waals surface area contributed by atoms with Gasteiger partial charge in [0.1, 0.15) is 5.67 Å². The minimum Gasteiger partial charge on any atom is -0.458 e. The monoisotopic (exact) mass is 512 g/mol. The van der Waals surface area contributed by atoms with Gasteiger partial charge in [0.15, 0.2) is 23.8 Å². The molecule has 5 aliphatic rings. The van der Waals surface area contributed by atoms with Crippen LogP contribution in [-0.4, -0.2) is 63.9 Å². The number of halogens is 2. The van der Waals surface area contributed by atoms with Crippen LogP contribution in [-0.2, 0) is 28.6 Å². The van der Waals surface area contributed by atoms with Gasteiger partial charge in [0.2, 0.25) is 5.78 Å². The van der Waals surface area contributed by atoms with E-state index in [1.165, 1.54) is 13.0 Å². The third-order valence-corrected chi connectivity index (χ3v) is 10.3. The Morgan fingerprint density at radius 3 is 2.57 bits per heavy atom. The Bertz CT molecular complexity index is 1030. The fraction of sp³-hybridized carbons (Fsp3) is 0.808. The quantitative estimate of drug-likeness (QED) is 0.457. The molecule has 9 atom stereocenters. The molecule has 0 aromatic rings. The molecule has 1 N–H and O–H groups in total. The first-order chi connectivity index (χ1) is 16.1. The standard InChI is InChI=1S/C26H34ClFO7/c1-13(29)33-12-20(32)26-21(34-22(2,3)35-26)10-15-16-9-18(27)17-8-14(30)6-7-23(17,4)25(16,28)19(31)11-24(15,26)5/h8,15-16,18-19,21,31H,6-7,9-12H2,1-5H3/t15-,16-,18-,19-,21+,23-,24-,25-,26+/m0/s1. The van der Waals surface area contributed by atoms with Crippen molar-refractivity contribution in [2.45, 2.75) is 101 Å². The number of aliphatic hydroxyl groups is 1. The van der Waals surface area contributed by atoms with Gasteiger partial charge < -0.3 is 19.3 Å². The third kappa shape index (κ3) is 3.09. The zero-order chi connectivity index (χ0) is 25.8. The van der Waals surface area contributed by atoms with Gasteiger partial charge in [-0.3, -0.25) is 14.4 Å². The van der Waals surface area contributed by atoms with Gasteiger partial charge in [0, 0.05) is 30.1 Å². The van der Waals surface area contributed by atoms with Crippen molar-refractivity contribution >= 4 is 29.1 Å². The number of alkyl halides is 2. The van der Waals surface area contributed by atoms with Gasteiger partial charge in [-0.1, -0.05) is 13.8 Å². The second-order valence-electron chi connectivity index (χ2n) is 12.0. The van der Waals surface area contributed by atoms with E-state index in [-0.39, 0.29) is 37.4 Å². The number of carbonyl (C=O) groups is 3. The van der Waals surface area contributed by atoms with E-state index in [2.05, 4.69) is 0 Å². The number of ketones is 2. The van der Waals surface area contributed by atoms with Crippen molar-refractivity contribution in [3.8, 4) is 0 Å². The maximum absolute atomic E-state index is 17.5. The number of hydrogen-bond acceptors (Lipinski definition) is 7. The Morgan fingerprint density at radius 2 is 1.91 bits per heavy atom. The summed E-state index contributed by atoms with van der Waals surface area (Å²) < 4.78 is 35.1. The summed E-state index contributed by atoms with van der Waals surface area (Å²) in [6.07, 6.45) is 0.401. The van der Waals surface area contributed by atoms with Gasteiger partial charge in [0.25, 0.3) is 0 Å². The van der Waals surface area contributed by atoms with Crippen LogP contribution in [0.1, 0.15) is 66.7 Å². The summed E-state index contributed by atoms with van der Waals surface area (Å²) in [5.74, 6) is -3.24. The fourth-order valence-corrected chi connectivity index (χ4v) is 8.93. The Balaban J connectivity index is 1.61. The Kier molecular flexibility index (Phi) is 5.49. The van der Waals surface area contributed by atoms with Crippen molar-refractivity contribution < 1.29 is 38.1 Å². The molecule has 7 nitrogen and oxygen atoms in total. The highest BCUT2D eigenvalue weighted by molar-refractivity contribution is 6.23. The molecule has 0 amide bonds. The first-order valence-corrected chi connectivity index (χ1v) is 12.9. The lowest BCUT2D eigenvalue weighted by Gasteiger charge is -2.64. The molecule has 35 heavy (non-hydrogen) atoms. The van der Waals surface area contributed by atoms with Gasteiger partial charge in [-0.15, -0.1) is 11.6 Å². The summed E-state index contributed by atoms with van der Waals surface area (Å²) in [7, 11) is 0. The van der Waals surface area contributed by atoms with Crippen LogP contribution in [0.3, 0.4) is 0 Å². The van der Waals surface area contributed by atoms with Crippen molar-refractivity contribution in [1.29, 1.82) is 0 Å². The van der Waals surface area contributed by atoms with Crippen LogP contribution < -0.4 is 0 Å². The van der Waals surface area contributed by atoms with Crippen LogP contribution in [0.5, 0.6) is 0 Å². The van der Waals surface area contributed by atoms with E-state index in [4.69, 9.17) is 25.8 Å². The highest BCUT2D eigenvalue weighted by atomic mass is 35.5. The third-order valence-electron chi connectivity index (χ3n) is 9.84. The topological polar surface area (TPSA) is 99.1 Å². The Morgan fingerprint density at radius 1 is 1.23 bits per heavy atom. The summed E-state index contributed by atoms with van der Waals surface area (Å²) in [6, 6.07) is 0. The zero-order valence-corrected chi connectivity index (χ0v) is 21.6. The molecule has 3 saturated carbocycles. The van der Waals surface area contributed by atoms with Crippen molar-refractivity contribution in [3.63, 3.8) is 0 Å². The molecule has 4 aliphatic carbocycles. The van der Waals surface area contributed by atoms with Crippen molar-refractivity contribution in [2.24, 2.45) is 22.7 Å². The Hall–Kier alpha value is -1.35. The molecule has 0 bridgehead atoms. The Labute approximate surface area is 209 Å². The van der Waals surface area contributed by atoms with Gasteiger partial charge in [-0.2, -0.15) is 0 Å². The van der Waals surface area contributed by atoms with Crippen molar-refractivity contribution in [2.75, 3.05) is 6.61 Å². The maximum Gasteiger partial charge on any atom is 0.303 e. The first-order valence-electron chi connectivity index (χ1n) is 12.4. The van der Waals surface area contributed by atoms with Crippen LogP contribution in [0, 0.1) is 22.7 Å². The highest BCUT2D eigenvalue weighted by Gasteiger charge is 2.80. The predicted octanol–water partition coefficient (Wildman–Crippen LogP) is 3.43. The average molecular weight is 513 g/mol. The van der Waals surface area contributed by atoms with Crippen LogP contribution in [0.15, 0.2) is 11.6 Å². The second-order valence-corrected chi connectivity index (χ2v) is 12.5. The van der Waals surface area contributed by atoms with E-state index in [9.17, 15) is 19.5 Å². The number of allylic oxidation sites excluding steroid dienone is 1. The van der Waals surface area contributed by atoms with Gasteiger partial charge in [-0.25, -0.2) is 4.39 Å². The SMILES string of the molecule is CC(=O)OCC(=O)[C@@]12OC(C)(C)O[C@@H]1C[C@H]1[C@@H]3C[C@H](Cl)C4=CC(=O)CC[C@]4(C)[C@@]3(F)[C@@H](O)C[C@@]12C. The van der Waals surface area contributed by atoms with E-state index in [0.29, 0.717) is 12.0 Å².